The van der Waals surface area contributed by atoms with E-state index in [9.17, 15) is 9.59 Å². The Kier molecular flexibility index (Phi) is 5.53. The molecule has 2 amide bonds. The van der Waals surface area contributed by atoms with Gasteiger partial charge in [-0.3, -0.25) is 9.59 Å². The summed E-state index contributed by atoms with van der Waals surface area (Å²) in [5.74, 6) is 0.912. The Morgan fingerprint density at radius 1 is 1.21 bits per heavy atom. The highest BCUT2D eigenvalue weighted by molar-refractivity contribution is 7.17. The zero-order valence-corrected chi connectivity index (χ0v) is 17.4. The first-order valence-corrected chi connectivity index (χ1v) is 10.7. The summed E-state index contributed by atoms with van der Waals surface area (Å²) in [7, 11) is 0. The van der Waals surface area contributed by atoms with Crippen molar-refractivity contribution >= 4 is 28.2 Å². The van der Waals surface area contributed by atoms with Crippen LogP contribution in [-0.4, -0.2) is 11.8 Å². The summed E-state index contributed by atoms with van der Waals surface area (Å²) in [5, 5.41) is 6.56. The molecule has 0 saturated carbocycles. The lowest BCUT2D eigenvalue weighted by Crippen LogP contribution is -2.25. The van der Waals surface area contributed by atoms with E-state index in [0.717, 1.165) is 30.4 Å². The number of furan rings is 1. The number of amides is 2. The molecule has 0 radical (unpaired) electrons. The van der Waals surface area contributed by atoms with Gasteiger partial charge in [0.25, 0.3) is 11.8 Å². The predicted octanol–water partition coefficient (Wildman–Crippen LogP) is 4.96. The number of carbonyl (C=O) groups is 2. The smallest absolute Gasteiger partial charge is 0.256 e. The van der Waals surface area contributed by atoms with Gasteiger partial charge >= 0.3 is 0 Å². The Bertz CT molecular complexity index is 1040. The number of thiophene rings is 1. The molecule has 3 aromatic rings. The van der Waals surface area contributed by atoms with Crippen LogP contribution in [0.2, 0.25) is 0 Å². The van der Waals surface area contributed by atoms with E-state index in [4.69, 9.17) is 4.42 Å². The van der Waals surface area contributed by atoms with Gasteiger partial charge in [-0.15, -0.1) is 11.3 Å². The lowest BCUT2D eigenvalue weighted by atomic mass is 9.88. The summed E-state index contributed by atoms with van der Waals surface area (Å²) in [5.41, 5.74) is 3.29. The van der Waals surface area contributed by atoms with Crippen LogP contribution in [-0.2, 0) is 19.4 Å². The molecule has 150 valence electrons. The highest BCUT2D eigenvalue weighted by atomic mass is 32.1. The van der Waals surface area contributed by atoms with Gasteiger partial charge in [-0.25, -0.2) is 0 Å². The molecule has 0 aliphatic heterocycles. The summed E-state index contributed by atoms with van der Waals surface area (Å²) < 4.78 is 5.31. The van der Waals surface area contributed by atoms with E-state index in [2.05, 4.69) is 17.6 Å². The third-order valence-electron chi connectivity index (χ3n) is 5.25. The van der Waals surface area contributed by atoms with Crippen LogP contribution in [0.4, 0.5) is 5.00 Å². The van der Waals surface area contributed by atoms with Crippen LogP contribution >= 0.6 is 11.3 Å². The predicted molar refractivity (Wildman–Crippen MR) is 115 cm³/mol. The number of benzene rings is 1. The van der Waals surface area contributed by atoms with Crippen LogP contribution in [0.25, 0.3) is 0 Å². The van der Waals surface area contributed by atoms with Gasteiger partial charge < -0.3 is 15.1 Å². The molecule has 1 aliphatic carbocycles. The standard InChI is InChI=1S/C23H24N2O3S/c1-14-5-3-6-16(11-14)21(26)25-23-20(18-9-8-15(2)12-19(18)29-23)22(27)24-13-17-7-4-10-28-17/h3-7,10-11,15H,8-9,12-13H2,1-2H3,(H,24,27)(H,25,26)/t15-/m1/s1. The van der Waals surface area contributed by atoms with Gasteiger partial charge in [0.05, 0.1) is 18.4 Å². The zero-order chi connectivity index (χ0) is 20.4. The van der Waals surface area contributed by atoms with Gasteiger partial charge in [-0.2, -0.15) is 0 Å². The number of hydrogen-bond donors (Lipinski definition) is 2. The number of carbonyl (C=O) groups excluding carboxylic acids is 2. The number of hydrogen-bond acceptors (Lipinski definition) is 4. The summed E-state index contributed by atoms with van der Waals surface area (Å²) in [4.78, 5) is 27.1. The SMILES string of the molecule is Cc1cccc(C(=O)Nc2sc3c(c2C(=O)NCc2ccco2)CC[C@@H](C)C3)c1. The molecule has 6 heteroatoms. The van der Waals surface area contributed by atoms with E-state index in [-0.39, 0.29) is 11.8 Å². The van der Waals surface area contributed by atoms with Crippen LogP contribution in [0.1, 0.15) is 55.8 Å². The van der Waals surface area contributed by atoms with Crippen LogP contribution in [0.15, 0.2) is 47.1 Å². The van der Waals surface area contributed by atoms with Gasteiger partial charge in [0, 0.05) is 10.4 Å². The minimum Gasteiger partial charge on any atom is -0.467 e. The Morgan fingerprint density at radius 2 is 2.07 bits per heavy atom. The number of fused-ring (bicyclic) bond motifs is 1. The van der Waals surface area contributed by atoms with E-state index in [1.807, 2.05) is 31.2 Å². The number of rotatable bonds is 5. The van der Waals surface area contributed by atoms with Gasteiger partial charge in [0.1, 0.15) is 10.8 Å². The Hall–Kier alpha value is -2.86. The molecule has 0 bridgehead atoms. The Labute approximate surface area is 174 Å². The van der Waals surface area contributed by atoms with Gasteiger partial charge in [-0.1, -0.05) is 24.6 Å². The van der Waals surface area contributed by atoms with Crippen molar-refractivity contribution in [3.63, 3.8) is 0 Å². The molecule has 1 aliphatic rings. The molecule has 5 nitrogen and oxygen atoms in total. The quantitative estimate of drug-likeness (QED) is 0.627. The van der Waals surface area contributed by atoms with Crippen molar-refractivity contribution in [3.8, 4) is 0 Å². The minimum absolute atomic E-state index is 0.173. The van der Waals surface area contributed by atoms with Gasteiger partial charge in [0.15, 0.2) is 0 Å². The fourth-order valence-corrected chi connectivity index (χ4v) is 5.11. The van der Waals surface area contributed by atoms with E-state index in [1.54, 1.807) is 18.4 Å². The molecule has 1 atom stereocenters. The van der Waals surface area contributed by atoms with Crippen molar-refractivity contribution in [3.05, 3.63) is 75.6 Å². The molecule has 2 heterocycles. The van der Waals surface area contributed by atoms with E-state index in [0.29, 0.717) is 34.4 Å². The van der Waals surface area contributed by atoms with Gasteiger partial charge in [-0.05, 0) is 61.9 Å². The maximum Gasteiger partial charge on any atom is 0.256 e. The van der Waals surface area contributed by atoms with E-state index < -0.39 is 0 Å². The molecule has 0 fully saturated rings. The van der Waals surface area contributed by atoms with Crippen LogP contribution in [0.3, 0.4) is 0 Å². The van der Waals surface area contributed by atoms with Crippen LogP contribution in [0, 0.1) is 12.8 Å². The van der Waals surface area contributed by atoms with Crippen molar-refractivity contribution in [2.45, 2.75) is 39.7 Å². The average molecular weight is 409 g/mol. The molecule has 0 spiro atoms. The summed E-state index contributed by atoms with van der Waals surface area (Å²) in [6.07, 6.45) is 4.44. The zero-order valence-electron chi connectivity index (χ0n) is 16.6. The topological polar surface area (TPSA) is 71.3 Å². The second kappa shape index (κ2) is 8.25. The highest BCUT2D eigenvalue weighted by Gasteiger charge is 2.28. The van der Waals surface area contributed by atoms with E-state index >= 15 is 0 Å². The summed E-state index contributed by atoms with van der Waals surface area (Å²) >= 11 is 1.53. The molecule has 2 N–H and O–H groups in total. The normalized spacial score (nSPS) is 15.6. The summed E-state index contributed by atoms with van der Waals surface area (Å²) in [6.45, 7) is 4.50. The second-order valence-electron chi connectivity index (χ2n) is 7.64. The Balaban J connectivity index is 1.61. The maximum absolute atomic E-state index is 13.1. The molecular weight excluding hydrogens is 384 g/mol. The molecule has 1 aromatic carbocycles. The van der Waals surface area contributed by atoms with Crippen LogP contribution in [0.5, 0.6) is 0 Å². The van der Waals surface area contributed by atoms with Crippen molar-refractivity contribution in [2.24, 2.45) is 5.92 Å². The third kappa shape index (κ3) is 4.27. The van der Waals surface area contributed by atoms with Crippen molar-refractivity contribution in [2.75, 3.05) is 5.32 Å². The largest absolute Gasteiger partial charge is 0.467 e. The Morgan fingerprint density at radius 3 is 2.83 bits per heavy atom. The third-order valence-corrected chi connectivity index (χ3v) is 6.42. The molecule has 2 aromatic heterocycles. The first-order chi connectivity index (χ1) is 14.0. The number of anilines is 1. The number of nitrogens with one attached hydrogen (secondary N) is 2. The van der Waals surface area contributed by atoms with Crippen molar-refractivity contribution in [1.82, 2.24) is 5.32 Å². The highest BCUT2D eigenvalue weighted by Crippen LogP contribution is 2.39. The molecule has 4 rings (SSSR count). The number of aryl methyl sites for hydroxylation is 1. The van der Waals surface area contributed by atoms with E-state index in [1.165, 1.54) is 16.2 Å². The summed E-state index contributed by atoms with van der Waals surface area (Å²) in [6, 6.07) is 11.1. The lowest BCUT2D eigenvalue weighted by Gasteiger charge is -2.18. The maximum atomic E-state index is 13.1. The lowest BCUT2D eigenvalue weighted by molar-refractivity contribution is 0.0948. The molecular formula is C23H24N2O3S. The minimum atomic E-state index is -0.194. The van der Waals surface area contributed by atoms with Crippen molar-refractivity contribution in [1.29, 1.82) is 0 Å². The fraction of sp³-hybridized carbons (Fsp3) is 0.304. The van der Waals surface area contributed by atoms with Gasteiger partial charge in [0.2, 0.25) is 0 Å². The molecule has 0 saturated heterocycles. The van der Waals surface area contributed by atoms with Crippen molar-refractivity contribution < 1.29 is 14.0 Å². The van der Waals surface area contributed by atoms with Crippen LogP contribution < -0.4 is 10.6 Å². The molecule has 29 heavy (non-hydrogen) atoms. The average Bonchev–Trinajstić information content (AvgIpc) is 3.33. The molecule has 0 unspecified atom stereocenters. The first-order valence-electron chi connectivity index (χ1n) is 9.84. The second-order valence-corrected chi connectivity index (χ2v) is 8.75. The monoisotopic (exact) mass is 408 g/mol. The fourth-order valence-electron chi connectivity index (χ4n) is 3.71. The first kappa shape index (κ1) is 19.5.